The van der Waals surface area contributed by atoms with E-state index in [4.69, 9.17) is 14.5 Å². The van der Waals surface area contributed by atoms with Crippen LogP contribution in [0.2, 0.25) is 0 Å². The third-order valence-electron chi connectivity index (χ3n) is 5.17. The molecule has 3 aromatic rings. The molecule has 148 valence electrons. The van der Waals surface area contributed by atoms with Crippen LogP contribution in [-0.4, -0.2) is 64.0 Å². The van der Waals surface area contributed by atoms with Crippen LogP contribution in [0.5, 0.6) is 0 Å². The summed E-state index contributed by atoms with van der Waals surface area (Å²) in [5.41, 5.74) is 2.67. The van der Waals surface area contributed by atoms with Gasteiger partial charge in [0.25, 0.3) is 0 Å². The Hall–Kier alpha value is -3.15. The molecular formula is C21H22N6O2. The molecule has 0 aliphatic carbocycles. The molecule has 0 saturated carbocycles. The normalized spacial score (nSPS) is 19.7. The highest BCUT2D eigenvalue weighted by molar-refractivity contribution is 5.85. The van der Waals surface area contributed by atoms with Crippen LogP contribution < -0.4 is 4.90 Å². The molecule has 8 nitrogen and oxygen atoms in total. The lowest BCUT2D eigenvalue weighted by Crippen LogP contribution is -2.44. The molecule has 1 N–H and O–H groups in total. The molecule has 29 heavy (non-hydrogen) atoms. The Kier molecular flexibility index (Phi) is 4.76. The van der Waals surface area contributed by atoms with Gasteiger partial charge in [-0.25, -0.2) is 4.98 Å². The van der Waals surface area contributed by atoms with Crippen LogP contribution in [0.25, 0.3) is 16.9 Å². The fourth-order valence-corrected chi connectivity index (χ4v) is 3.64. The highest BCUT2D eigenvalue weighted by atomic mass is 16.5. The second kappa shape index (κ2) is 7.70. The van der Waals surface area contributed by atoms with Gasteiger partial charge in [0.2, 0.25) is 0 Å². The first kappa shape index (κ1) is 17.9. The molecule has 0 bridgehead atoms. The lowest BCUT2D eigenvalue weighted by atomic mass is 10.1. The fourth-order valence-electron chi connectivity index (χ4n) is 3.64. The number of nitrogens with zero attached hydrogens (tertiary/aromatic N) is 5. The van der Waals surface area contributed by atoms with Crippen LogP contribution in [-0.2, 0) is 9.47 Å². The second-order valence-corrected chi connectivity index (χ2v) is 7.20. The van der Waals surface area contributed by atoms with E-state index in [-0.39, 0.29) is 6.04 Å². The highest BCUT2D eigenvalue weighted by Crippen LogP contribution is 2.26. The molecule has 0 amide bonds. The van der Waals surface area contributed by atoms with Gasteiger partial charge in [-0.15, -0.1) is 0 Å². The molecule has 2 aliphatic heterocycles. The largest absolute Gasteiger partial charge is 0.377 e. The van der Waals surface area contributed by atoms with E-state index < -0.39 is 0 Å². The van der Waals surface area contributed by atoms with Crippen molar-refractivity contribution in [2.45, 2.75) is 19.4 Å². The van der Waals surface area contributed by atoms with E-state index in [1.807, 2.05) is 12.3 Å². The average molecular weight is 390 g/mol. The van der Waals surface area contributed by atoms with Gasteiger partial charge in [0, 0.05) is 23.7 Å². The zero-order valence-corrected chi connectivity index (χ0v) is 16.3. The van der Waals surface area contributed by atoms with Gasteiger partial charge >= 0.3 is 0 Å². The number of ether oxygens (including phenoxy) is 2. The molecule has 1 fully saturated rings. The van der Waals surface area contributed by atoms with Crippen molar-refractivity contribution in [1.82, 2.24) is 25.0 Å². The Morgan fingerprint density at radius 2 is 2.21 bits per heavy atom. The van der Waals surface area contributed by atoms with Crippen molar-refractivity contribution in [1.29, 1.82) is 0 Å². The number of rotatable bonds is 2. The average Bonchev–Trinajstić information content (AvgIpc) is 3.42. The van der Waals surface area contributed by atoms with Crippen molar-refractivity contribution in [3.05, 3.63) is 41.7 Å². The summed E-state index contributed by atoms with van der Waals surface area (Å²) in [6.07, 6.45) is 6.57. The molecule has 0 spiro atoms. The fraction of sp³-hybridized carbons (Fsp3) is 0.381. The molecule has 8 heteroatoms. The monoisotopic (exact) mass is 390 g/mol. The van der Waals surface area contributed by atoms with Crippen LogP contribution in [0.15, 0.2) is 36.2 Å². The summed E-state index contributed by atoms with van der Waals surface area (Å²) in [5.74, 6) is 8.26. The van der Waals surface area contributed by atoms with E-state index in [1.165, 1.54) is 0 Å². The molecule has 5 rings (SSSR count). The van der Waals surface area contributed by atoms with Crippen molar-refractivity contribution in [2.24, 2.45) is 0 Å². The predicted octanol–water partition coefficient (Wildman–Crippen LogP) is 2.07. The third kappa shape index (κ3) is 3.50. The standard InChI is InChI=1S/C21H22N6O2/c1-15-13-29-10-8-26(15)20-11-17(5-4-16-3-2-9-28-14-16)18-12-23-27(21(18)24-20)19-6-7-22-25-19/h3,6-7,11-12,15H,2,8-10,13-14H2,1H3,(H,22,25)/t15-/m1/s1. The van der Waals surface area contributed by atoms with Gasteiger partial charge < -0.3 is 14.4 Å². The van der Waals surface area contributed by atoms with Crippen LogP contribution in [0.3, 0.4) is 0 Å². The summed E-state index contributed by atoms with van der Waals surface area (Å²) in [5, 5.41) is 12.4. The van der Waals surface area contributed by atoms with Crippen molar-refractivity contribution in [3.63, 3.8) is 0 Å². The SMILES string of the molecule is C[C@@H]1COCCN1c1cc(C#CC2=CCCOC2)c2cnn(-c3ccn[nH]3)c2n1. The number of aromatic amines is 1. The smallest absolute Gasteiger partial charge is 0.168 e. The van der Waals surface area contributed by atoms with Crippen LogP contribution in [0.1, 0.15) is 18.9 Å². The van der Waals surface area contributed by atoms with E-state index in [9.17, 15) is 0 Å². The number of pyridine rings is 1. The Morgan fingerprint density at radius 3 is 3.00 bits per heavy atom. The van der Waals surface area contributed by atoms with E-state index in [1.54, 1.807) is 10.9 Å². The van der Waals surface area contributed by atoms with E-state index in [0.717, 1.165) is 53.4 Å². The summed E-state index contributed by atoms with van der Waals surface area (Å²) in [7, 11) is 0. The first-order valence-electron chi connectivity index (χ1n) is 9.81. The lowest BCUT2D eigenvalue weighted by molar-refractivity contribution is 0.0985. The molecule has 0 aromatic carbocycles. The Balaban J connectivity index is 1.64. The molecule has 3 aromatic heterocycles. The summed E-state index contributed by atoms with van der Waals surface area (Å²) >= 11 is 0. The topological polar surface area (TPSA) is 81.1 Å². The number of aromatic nitrogens is 5. The quantitative estimate of drug-likeness (QED) is 0.675. The number of nitrogens with one attached hydrogen (secondary N) is 1. The van der Waals surface area contributed by atoms with Gasteiger partial charge in [-0.2, -0.15) is 14.9 Å². The lowest BCUT2D eigenvalue weighted by Gasteiger charge is -2.34. The maximum atomic E-state index is 5.60. The van der Waals surface area contributed by atoms with Crippen LogP contribution in [0.4, 0.5) is 5.82 Å². The highest BCUT2D eigenvalue weighted by Gasteiger charge is 2.22. The van der Waals surface area contributed by atoms with Gasteiger partial charge in [0.05, 0.1) is 50.2 Å². The maximum Gasteiger partial charge on any atom is 0.168 e. The summed E-state index contributed by atoms with van der Waals surface area (Å²) in [6.45, 7) is 5.65. The van der Waals surface area contributed by atoms with Gasteiger partial charge in [-0.3, -0.25) is 5.10 Å². The molecule has 5 heterocycles. The van der Waals surface area contributed by atoms with Crippen molar-refractivity contribution >= 4 is 16.9 Å². The predicted molar refractivity (Wildman–Crippen MR) is 109 cm³/mol. The molecule has 1 saturated heterocycles. The van der Waals surface area contributed by atoms with Crippen molar-refractivity contribution in [3.8, 4) is 17.7 Å². The molecule has 2 aliphatic rings. The molecule has 0 radical (unpaired) electrons. The summed E-state index contributed by atoms with van der Waals surface area (Å²) < 4.78 is 12.9. The van der Waals surface area contributed by atoms with Crippen molar-refractivity contribution in [2.75, 3.05) is 37.9 Å². The van der Waals surface area contributed by atoms with Gasteiger partial charge in [-0.05, 0) is 19.4 Å². The third-order valence-corrected chi connectivity index (χ3v) is 5.17. The zero-order valence-electron chi connectivity index (χ0n) is 16.3. The molecule has 0 unspecified atom stereocenters. The molecular weight excluding hydrogens is 368 g/mol. The minimum absolute atomic E-state index is 0.243. The number of H-pyrrole nitrogens is 1. The minimum atomic E-state index is 0.243. The van der Waals surface area contributed by atoms with Gasteiger partial charge in [0.1, 0.15) is 5.82 Å². The Morgan fingerprint density at radius 1 is 1.24 bits per heavy atom. The van der Waals surface area contributed by atoms with Gasteiger partial charge in [-0.1, -0.05) is 17.9 Å². The number of morpholine rings is 1. The van der Waals surface area contributed by atoms with E-state index >= 15 is 0 Å². The first-order valence-corrected chi connectivity index (χ1v) is 9.81. The maximum absolute atomic E-state index is 5.60. The summed E-state index contributed by atoms with van der Waals surface area (Å²) in [4.78, 5) is 7.20. The number of hydrogen-bond acceptors (Lipinski definition) is 6. The Bertz CT molecular complexity index is 1110. The van der Waals surface area contributed by atoms with Crippen molar-refractivity contribution < 1.29 is 9.47 Å². The minimum Gasteiger partial charge on any atom is -0.377 e. The first-order chi connectivity index (χ1) is 14.3. The number of hydrogen-bond donors (Lipinski definition) is 1. The second-order valence-electron chi connectivity index (χ2n) is 7.20. The Labute approximate surface area is 168 Å². The van der Waals surface area contributed by atoms with Gasteiger partial charge in [0.15, 0.2) is 11.5 Å². The molecule has 1 atom stereocenters. The van der Waals surface area contributed by atoms with Crippen LogP contribution >= 0.6 is 0 Å². The number of fused-ring (bicyclic) bond motifs is 1. The zero-order chi connectivity index (χ0) is 19.6. The van der Waals surface area contributed by atoms with E-state index in [2.05, 4.69) is 51.1 Å². The van der Waals surface area contributed by atoms with Crippen LogP contribution in [0, 0.1) is 11.8 Å². The number of anilines is 1. The summed E-state index contributed by atoms with van der Waals surface area (Å²) in [6, 6.07) is 4.17. The van der Waals surface area contributed by atoms with E-state index in [0.29, 0.717) is 19.8 Å².